The zero-order valence-electron chi connectivity index (χ0n) is 20.8. The summed E-state index contributed by atoms with van der Waals surface area (Å²) >= 11 is 0. The second-order valence-corrected chi connectivity index (χ2v) is 11.4. The summed E-state index contributed by atoms with van der Waals surface area (Å²) < 4.78 is 12.9. The van der Waals surface area contributed by atoms with Gasteiger partial charge in [-0.05, 0) is 61.0 Å². The quantitative estimate of drug-likeness (QED) is 0.467. The minimum absolute atomic E-state index is 0.0986. The van der Waals surface area contributed by atoms with Crippen LogP contribution < -0.4 is 0 Å². The van der Waals surface area contributed by atoms with Crippen LogP contribution in [0.15, 0.2) is 72.8 Å². The predicted octanol–water partition coefficient (Wildman–Crippen LogP) is 6.70. The van der Waals surface area contributed by atoms with Gasteiger partial charge in [-0.1, -0.05) is 86.7 Å². The monoisotopic (exact) mass is 460 g/mol. The van der Waals surface area contributed by atoms with E-state index in [1.807, 2.05) is 12.1 Å². The molecule has 0 aliphatic heterocycles. The highest BCUT2D eigenvalue weighted by molar-refractivity contribution is 5.31. The van der Waals surface area contributed by atoms with Gasteiger partial charge in [-0.2, -0.15) is 0 Å². The van der Waals surface area contributed by atoms with E-state index in [0.717, 1.165) is 38.5 Å². The fourth-order valence-corrected chi connectivity index (χ4v) is 7.75. The van der Waals surface area contributed by atoms with Gasteiger partial charge in [-0.15, -0.1) is 0 Å². The first-order valence-electron chi connectivity index (χ1n) is 13.0. The zero-order chi connectivity index (χ0) is 23.8. The molecule has 0 saturated heterocycles. The molecule has 0 radical (unpaired) electrons. The Bertz CT molecular complexity index is 988. The van der Waals surface area contributed by atoms with Crippen molar-refractivity contribution in [3.63, 3.8) is 0 Å². The maximum atomic E-state index is 11.6. The molecule has 3 nitrogen and oxygen atoms in total. The fourth-order valence-electron chi connectivity index (χ4n) is 7.75. The summed E-state index contributed by atoms with van der Waals surface area (Å²) in [6.07, 6.45) is 5.94. The predicted molar refractivity (Wildman–Crippen MR) is 136 cm³/mol. The van der Waals surface area contributed by atoms with E-state index in [-0.39, 0.29) is 28.5 Å². The molecule has 3 heteroatoms. The highest BCUT2D eigenvalue weighted by atomic mass is 16.5. The van der Waals surface area contributed by atoms with Crippen LogP contribution in [0, 0.1) is 22.2 Å². The van der Waals surface area contributed by atoms with Gasteiger partial charge in [-0.25, -0.2) is 0 Å². The molecular weight excluding hydrogens is 420 g/mol. The lowest BCUT2D eigenvalue weighted by molar-refractivity contribution is -0.225. The smallest absolute Gasteiger partial charge is 0.0720 e. The maximum Gasteiger partial charge on any atom is 0.0720 e. The molecule has 2 aromatic rings. The molecule has 0 bridgehead atoms. The summed E-state index contributed by atoms with van der Waals surface area (Å²) in [5, 5.41) is 11.6. The fraction of sp³-hybridized carbons (Fsp3) is 0.548. The molecule has 3 saturated carbocycles. The molecule has 3 aliphatic carbocycles. The summed E-state index contributed by atoms with van der Waals surface area (Å²) in [6, 6.07) is 20.9. The SMILES string of the molecule is C=C1CC[C@@]2(COCc3ccccc3)[C@@]3(C)CC[C@H](OCc4ccccc4)C[C@@H]3C[C@@H](O)[C@@]12C. The molecule has 0 unspecified atom stereocenters. The molecule has 5 rings (SSSR count). The second-order valence-electron chi connectivity index (χ2n) is 11.4. The first kappa shape index (κ1) is 23.8. The van der Waals surface area contributed by atoms with Gasteiger partial charge >= 0.3 is 0 Å². The largest absolute Gasteiger partial charge is 0.392 e. The van der Waals surface area contributed by atoms with Crippen LogP contribution in [-0.4, -0.2) is 23.9 Å². The van der Waals surface area contributed by atoms with Crippen molar-refractivity contribution < 1.29 is 14.6 Å². The Morgan fingerprint density at radius 1 is 0.912 bits per heavy atom. The van der Waals surface area contributed by atoms with Crippen molar-refractivity contribution in [2.75, 3.05) is 6.61 Å². The Morgan fingerprint density at radius 2 is 1.56 bits per heavy atom. The summed E-state index contributed by atoms with van der Waals surface area (Å²) in [5.41, 5.74) is 3.35. The molecule has 0 spiro atoms. The summed E-state index contributed by atoms with van der Waals surface area (Å²) in [7, 11) is 0. The van der Waals surface area contributed by atoms with Gasteiger partial charge in [0.1, 0.15) is 0 Å². The minimum atomic E-state index is -0.381. The molecule has 34 heavy (non-hydrogen) atoms. The second kappa shape index (κ2) is 9.26. The zero-order valence-corrected chi connectivity index (χ0v) is 20.8. The topological polar surface area (TPSA) is 38.7 Å². The molecule has 182 valence electrons. The van der Waals surface area contributed by atoms with Crippen LogP contribution in [0.2, 0.25) is 0 Å². The average Bonchev–Trinajstić information content (AvgIpc) is 3.13. The van der Waals surface area contributed by atoms with Crippen LogP contribution in [0.3, 0.4) is 0 Å². The molecule has 3 fully saturated rings. The molecule has 0 aromatic heterocycles. The van der Waals surface area contributed by atoms with E-state index in [2.05, 4.69) is 69.0 Å². The average molecular weight is 461 g/mol. The van der Waals surface area contributed by atoms with Gasteiger partial charge < -0.3 is 14.6 Å². The minimum Gasteiger partial charge on any atom is -0.392 e. The number of hydrogen-bond acceptors (Lipinski definition) is 3. The van der Waals surface area contributed by atoms with E-state index in [9.17, 15) is 5.11 Å². The number of hydrogen-bond donors (Lipinski definition) is 1. The van der Waals surface area contributed by atoms with Crippen molar-refractivity contribution in [3.05, 3.63) is 83.9 Å². The Hall–Kier alpha value is -1.94. The number of benzene rings is 2. The van der Waals surface area contributed by atoms with E-state index in [0.29, 0.717) is 25.7 Å². The lowest BCUT2D eigenvalue weighted by Crippen LogP contribution is -2.64. The summed E-state index contributed by atoms with van der Waals surface area (Å²) in [4.78, 5) is 0. The van der Waals surface area contributed by atoms with E-state index in [4.69, 9.17) is 9.47 Å². The third-order valence-electron chi connectivity index (χ3n) is 10.1. The molecule has 0 heterocycles. The highest BCUT2D eigenvalue weighted by Crippen LogP contribution is 2.73. The normalized spacial score (nSPS) is 37.3. The van der Waals surface area contributed by atoms with E-state index in [1.165, 1.54) is 16.7 Å². The molecule has 2 aromatic carbocycles. The first-order valence-corrected chi connectivity index (χ1v) is 13.0. The number of aliphatic hydroxyl groups excluding tert-OH is 1. The van der Waals surface area contributed by atoms with Crippen LogP contribution in [0.5, 0.6) is 0 Å². The summed E-state index contributed by atoms with van der Waals surface area (Å²) in [6.45, 7) is 11.2. The van der Waals surface area contributed by atoms with Gasteiger partial charge in [0.2, 0.25) is 0 Å². The van der Waals surface area contributed by atoms with Crippen LogP contribution in [0.1, 0.15) is 63.5 Å². The van der Waals surface area contributed by atoms with E-state index in [1.54, 1.807) is 0 Å². The number of rotatable bonds is 7. The third kappa shape index (κ3) is 3.77. The van der Waals surface area contributed by atoms with Gasteiger partial charge in [0, 0.05) is 10.8 Å². The third-order valence-corrected chi connectivity index (χ3v) is 10.1. The van der Waals surface area contributed by atoms with E-state index < -0.39 is 0 Å². The molecule has 1 N–H and O–H groups in total. The van der Waals surface area contributed by atoms with Gasteiger partial charge in [0.25, 0.3) is 0 Å². The molecule has 3 aliphatic rings. The lowest BCUT2D eigenvalue weighted by Gasteiger charge is -2.66. The lowest BCUT2D eigenvalue weighted by atomic mass is 9.40. The molecule has 0 amide bonds. The first-order chi connectivity index (χ1) is 16.4. The van der Waals surface area contributed by atoms with Gasteiger partial charge in [0.05, 0.1) is 32.0 Å². The van der Waals surface area contributed by atoms with Crippen molar-refractivity contribution >= 4 is 0 Å². The maximum absolute atomic E-state index is 11.6. The number of aliphatic hydroxyl groups is 1. The summed E-state index contributed by atoms with van der Waals surface area (Å²) in [5.74, 6) is 0.427. The molecule has 6 atom stereocenters. The Morgan fingerprint density at radius 3 is 2.24 bits per heavy atom. The van der Waals surface area contributed by atoms with Gasteiger partial charge in [0.15, 0.2) is 0 Å². The molecular formula is C31H40O3. The van der Waals surface area contributed by atoms with Crippen LogP contribution in [0.4, 0.5) is 0 Å². The number of fused-ring (bicyclic) bond motifs is 3. The van der Waals surface area contributed by atoms with Crippen molar-refractivity contribution in [3.8, 4) is 0 Å². The Balaban J connectivity index is 1.36. The van der Waals surface area contributed by atoms with Crippen molar-refractivity contribution in [1.29, 1.82) is 0 Å². The van der Waals surface area contributed by atoms with Crippen molar-refractivity contribution in [2.45, 2.75) is 77.8 Å². The van der Waals surface area contributed by atoms with Crippen molar-refractivity contribution in [2.24, 2.45) is 22.2 Å². The van der Waals surface area contributed by atoms with Gasteiger partial charge in [-0.3, -0.25) is 0 Å². The van der Waals surface area contributed by atoms with Crippen LogP contribution in [-0.2, 0) is 22.7 Å². The standard InChI is InChI=1S/C31H40O3/c1-23-14-17-31(22-33-20-24-10-6-4-7-11-24)29(2)16-15-27(34-21-25-12-8-5-9-13-25)18-26(29)19-28(32)30(23,31)3/h4-13,26-28,32H,1,14-22H2,2-3H3/t26-,27+,28-,29+,30-,31-/m1/s1. The highest BCUT2D eigenvalue weighted by Gasteiger charge is 2.70. The Labute approximate surface area is 205 Å². The van der Waals surface area contributed by atoms with Crippen LogP contribution >= 0.6 is 0 Å². The van der Waals surface area contributed by atoms with E-state index >= 15 is 0 Å². The van der Waals surface area contributed by atoms with Crippen molar-refractivity contribution in [1.82, 2.24) is 0 Å². The Kier molecular flexibility index (Phi) is 6.48. The van der Waals surface area contributed by atoms with Crippen LogP contribution in [0.25, 0.3) is 0 Å². The number of ether oxygens (including phenoxy) is 2.